The van der Waals surface area contributed by atoms with Crippen LogP contribution in [0.5, 0.6) is 0 Å². The van der Waals surface area contributed by atoms with Crippen LogP contribution in [0, 0.1) is 11.8 Å². The molecular formula is C18H24N4OS. The van der Waals surface area contributed by atoms with Gasteiger partial charge in [-0.1, -0.05) is 13.8 Å². The fourth-order valence-electron chi connectivity index (χ4n) is 3.04. The fraction of sp³-hybridized carbons (Fsp3) is 0.556. The summed E-state index contributed by atoms with van der Waals surface area (Å²) in [5.74, 6) is 1.27. The number of rotatable bonds is 5. The third kappa shape index (κ3) is 4.17. The first-order chi connectivity index (χ1) is 11.5. The second-order valence-electron chi connectivity index (χ2n) is 6.93. The lowest BCUT2D eigenvalue weighted by Crippen LogP contribution is -2.26. The van der Waals surface area contributed by atoms with Crippen molar-refractivity contribution in [2.75, 3.05) is 13.1 Å². The maximum atomic E-state index is 11.4. The molecule has 1 fully saturated rings. The molecule has 1 aliphatic rings. The third-order valence-corrected chi connectivity index (χ3v) is 5.37. The molecule has 0 spiro atoms. The summed E-state index contributed by atoms with van der Waals surface area (Å²) in [4.78, 5) is 28.0. The molecule has 2 aromatic heterocycles. The Morgan fingerprint density at radius 3 is 2.75 bits per heavy atom. The van der Waals surface area contributed by atoms with E-state index in [0.717, 1.165) is 53.6 Å². The SMILES string of the molecule is CC(=O)N1CCC(Cc2cnc(-c3cnc(CC(C)C)s3)cn2)C1. The van der Waals surface area contributed by atoms with E-state index in [0.29, 0.717) is 11.8 Å². The minimum absolute atomic E-state index is 0.168. The summed E-state index contributed by atoms with van der Waals surface area (Å²) in [7, 11) is 0. The first kappa shape index (κ1) is 17.0. The Bertz CT molecular complexity index is 695. The maximum absolute atomic E-state index is 11.4. The Morgan fingerprint density at radius 2 is 2.12 bits per heavy atom. The lowest BCUT2D eigenvalue weighted by atomic mass is 10.0. The van der Waals surface area contributed by atoms with Gasteiger partial charge in [0.2, 0.25) is 5.91 Å². The zero-order valence-corrected chi connectivity index (χ0v) is 15.3. The first-order valence-electron chi connectivity index (χ1n) is 8.52. The molecule has 1 aliphatic heterocycles. The van der Waals surface area contributed by atoms with Crippen molar-refractivity contribution in [3.63, 3.8) is 0 Å². The lowest BCUT2D eigenvalue weighted by Gasteiger charge is -2.13. The predicted octanol–water partition coefficient (Wildman–Crippen LogP) is 3.21. The van der Waals surface area contributed by atoms with Crippen molar-refractivity contribution in [3.8, 4) is 10.6 Å². The lowest BCUT2D eigenvalue weighted by molar-refractivity contribution is -0.127. The van der Waals surface area contributed by atoms with Crippen LogP contribution in [0.2, 0.25) is 0 Å². The van der Waals surface area contributed by atoms with E-state index in [4.69, 9.17) is 0 Å². The van der Waals surface area contributed by atoms with Crippen LogP contribution in [0.1, 0.15) is 37.9 Å². The molecule has 1 amide bonds. The van der Waals surface area contributed by atoms with Gasteiger partial charge in [-0.3, -0.25) is 14.8 Å². The summed E-state index contributed by atoms with van der Waals surface area (Å²) < 4.78 is 0. The average molecular weight is 344 g/mol. The van der Waals surface area contributed by atoms with E-state index >= 15 is 0 Å². The van der Waals surface area contributed by atoms with Gasteiger partial charge in [-0.25, -0.2) is 4.98 Å². The number of aromatic nitrogens is 3. The molecule has 0 aromatic carbocycles. The molecule has 1 atom stereocenters. The quantitative estimate of drug-likeness (QED) is 0.836. The largest absolute Gasteiger partial charge is 0.343 e. The molecule has 0 N–H and O–H groups in total. The van der Waals surface area contributed by atoms with Crippen LogP contribution in [0.4, 0.5) is 0 Å². The van der Waals surface area contributed by atoms with E-state index in [1.165, 1.54) is 0 Å². The maximum Gasteiger partial charge on any atom is 0.219 e. The van der Waals surface area contributed by atoms with Gasteiger partial charge < -0.3 is 4.90 Å². The molecule has 0 aliphatic carbocycles. The molecule has 1 saturated heterocycles. The molecule has 3 rings (SSSR count). The summed E-state index contributed by atoms with van der Waals surface area (Å²) in [6.45, 7) is 7.74. The smallest absolute Gasteiger partial charge is 0.219 e. The van der Waals surface area contributed by atoms with Crippen LogP contribution >= 0.6 is 11.3 Å². The van der Waals surface area contributed by atoms with Crippen LogP contribution in [0.15, 0.2) is 18.6 Å². The van der Waals surface area contributed by atoms with Gasteiger partial charge in [0.25, 0.3) is 0 Å². The van der Waals surface area contributed by atoms with Gasteiger partial charge in [-0.15, -0.1) is 11.3 Å². The molecule has 6 heteroatoms. The predicted molar refractivity (Wildman–Crippen MR) is 95.7 cm³/mol. The summed E-state index contributed by atoms with van der Waals surface area (Å²) >= 11 is 1.70. The number of amides is 1. The molecule has 0 bridgehead atoms. The highest BCUT2D eigenvalue weighted by molar-refractivity contribution is 7.15. The number of hydrogen-bond donors (Lipinski definition) is 0. The summed E-state index contributed by atoms with van der Waals surface area (Å²) in [6, 6.07) is 0. The van der Waals surface area contributed by atoms with Crippen LogP contribution in [-0.2, 0) is 17.6 Å². The van der Waals surface area contributed by atoms with Crippen LogP contribution in [0.3, 0.4) is 0 Å². The summed E-state index contributed by atoms with van der Waals surface area (Å²) in [5, 5.41) is 1.15. The van der Waals surface area contributed by atoms with Crippen molar-refractivity contribution >= 4 is 17.2 Å². The van der Waals surface area contributed by atoms with Gasteiger partial charge in [0.1, 0.15) is 5.69 Å². The van der Waals surface area contributed by atoms with Gasteiger partial charge in [0.15, 0.2) is 0 Å². The summed E-state index contributed by atoms with van der Waals surface area (Å²) in [5.41, 5.74) is 1.89. The number of hydrogen-bond acceptors (Lipinski definition) is 5. The Morgan fingerprint density at radius 1 is 1.29 bits per heavy atom. The molecule has 2 aromatic rings. The molecule has 0 saturated carbocycles. The Kier molecular flexibility index (Phi) is 5.23. The minimum atomic E-state index is 0.168. The van der Waals surface area contributed by atoms with E-state index in [1.54, 1.807) is 18.3 Å². The topological polar surface area (TPSA) is 59.0 Å². The molecule has 128 valence electrons. The Labute approximate surface area is 147 Å². The summed E-state index contributed by atoms with van der Waals surface area (Å²) in [6.07, 6.45) is 8.56. The second kappa shape index (κ2) is 7.38. The molecule has 1 unspecified atom stereocenters. The number of carbonyl (C=O) groups is 1. The molecule has 0 radical (unpaired) electrons. The zero-order valence-electron chi connectivity index (χ0n) is 14.5. The zero-order chi connectivity index (χ0) is 17.1. The van der Waals surface area contributed by atoms with E-state index in [1.807, 2.05) is 23.5 Å². The highest BCUT2D eigenvalue weighted by Crippen LogP contribution is 2.26. The number of carbonyl (C=O) groups excluding carboxylic acids is 1. The van der Waals surface area contributed by atoms with Crippen molar-refractivity contribution in [1.82, 2.24) is 19.9 Å². The van der Waals surface area contributed by atoms with E-state index in [9.17, 15) is 4.79 Å². The minimum Gasteiger partial charge on any atom is -0.343 e. The molecule has 5 nitrogen and oxygen atoms in total. The Balaban J connectivity index is 1.61. The van der Waals surface area contributed by atoms with E-state index in [2.05, 4.69) is 28.8 Å². The second-order valence-corrected chi connectivity index (χ2v) is 8.05. The van der Waals surface area contributed by atoms with E-state index in [-0.39, 0.29) is 5.91 Å². The van der Waals surface area contributed by atoms with Crippen molar-refractivity contribution in [2.24, 2.45) is 11.8 Å². The van der Waals surface area contributed by atoms with Crippen molar-refractivity contribution < 1.29 is 4.79 Å². The first-order valence-corrected chi connectivity index (χ1v) is 9.34. The standard InChI is InChI=1S/C18H24N4OS/c1-12(2)6-18-21-10-17(24-18)16-9-19-15(8-20-16)7-14-4-5-22(11-14)13(3)23/h8-10,12,14H,4-7,11H2,1-3H3. The molecule has 24 heavy (non-hydrogen) atoms. The highest BCUT2D eigenvalue weighted by Gasteiger charge is 2.24. The van der Waals surface area contributed by atoms with Crippen LogP contribution in [0.25, 0.3) is 10.6 Å². The van der Waals surface area contributed by atoms with Gasteiger partial charge in [0, 0.05) is 38.8 Å². The van der Waals surface area contributed by atoms with Gasteiger partial charge in [-0.2, -0.15) is 0 Å². The third-order valence-electron chi connectivity index (χ3n) is 4.32. The van der Waals surface area contributed by atoms with Gasteiger partial charge in [-0.05, 0) is 24.7 Å². The average Bonchev–Trinajstić information content (AvgIpc) is 3.17. The van der Waals surface area contributed by atoms with Gasteiger partial charge in [0.05, 0.1) is 21.8 Å². The normalized spacial score (nSPS) is 17.7. The Hall–Kier alpha value is -1.82. The number of nitrogens with zero attached hydrogens (tertiary/aromatic N) is 4. The van der Waals surface area contributed by atoms with Crippen molar-refractivity contribution in [3.05, 3.63) is 29.3 Å². The van der Waals surface area contributed by atoms with Crippen LogP contribution in [-0.4, -0.2) is 38.8 Å². The fourth-order valence-corrected chi connectivity index (χ4v) is 4.13. The van der Waals surface area contributed by atoms with Crippen molar-refractivity contribution in [2.45, 2.75) is 40.0 Å². The molecular weight excluding hydrogens is 320 g/mol. The highest BCUT2D eigenvalue weighted by atomic mass is 32.1. The molecule has 3 heterocycles. The van der Waals surface area contributed by atoms with Crippen LogP contribution < -0.4 is 0 Å². The number of likely N-dealkylation sites (tertiary alicyclic amines) is 1. The van der Waals surface area contributed by atoms with E-state index < -0.39 is 0 Å². The monoisotopic (exact) mass is 344 g/mol. The van der Waals surface area contributed by atoms with Gasteiger partial charge >= 0.3 is 0 Å². The number of thiazole rings is 1. The van der Waals surface area contributed by atoms with Crippen molar-refractivity contribution in [1.29, 1.82) is 0 Å².